The molecule has 1 aromatic heterocycles. The summed E-state index contributed by atoms with van der Waals surface area (Å²) in [5.41, 5.74) is 6.28. The van der Waals surface area contributed by atoms with Gasteiger partial charge in [-0.05, 0) is 34.1 Å². The van der Waals surface area contributed by atoms with Gasteiger partial charge >= 0.3 is 0 Å². The Morgan fingerprint density at radius 2 is 2.06 bits per heavy atom. The molecule has 1 heterocycles. The largest absolute Gasteiger partial charge is 0.438 e. The molecule has 0 spiro atoms. The lowest BCUT2D eigenvalue weighted by Gasteiger charge is -2.07. The van der Waals surface area contributed by atoms with Gasteiger partial charge in [0.15, 0.2) is 0 Å². The zero-order chi connectivity index (χ0) is 12.3. The Morgan fingerprint density at radius 3 is 2.76 bits per heavy atom. The Morgan fingerprint density at radius 1 is 1.29 bits per heavy atom. The minimum atomic E-state index is 0.323. The monoisotopic (exact) mass is 308 g/mol. The van der Waals surface area contributed by atoms with Crippen LogP contribution in [0.25, 0.3) is 0 Å². The third-order valence-corrected chi connectivity index (χ3v) is 2.96. The summed E-state index contributed by atoms with van der Waals surface area (Å²) in [6, 6.07) is 11.0. The molecule has 2 rings (SSSR count). The smallest absolute Gasteiger partial charge is 0.219 e. The first-order chi connectivity index (χ1) is 8.16. The van der Waals surface area contributed by atoms with Gasteiger partial charge in [0.25, 0.3) is 0 Å². The van der Waals surface area contributed by atoms with E-state index in [9.17, 15) is 0 Å². The van der Waals surface area contributed by atoms with Crippen molar-refractivity contribution >= 4 is 33.1 Å². The number of ether oxygens (including phenoxy) is 1. The lowest BCUT2D eigenvalue weighted by atomic mass is 10.3. The van der Waals surface area contributed by atoms with Crippen LogP contribution in [0.15, 0.2) is 47.1 Å². The zero-order valence-electron chi connectivity index (χ0n) is 8.76. The summed E-state index contributed by atoms with van der Waals surface area (Å²) in [6.45, 7) is 0. The number of thiocarbonyl (C=S) groups is 1. The molecule has 0 saturated carbocycles. The second kappa shape index (κ2) is 5.25. The Balaban J connectivity index is 2.28. The van der Waals surface area contributed by atoms with E-state index in [0.29, 0.717) is 16.6 Å². The molecular weight excluding hydrogens is 300 g/mol. The Bertz CT molecular complexity index is 560. The topological polar surface area (TPSA) is 48.1 Å². The van der Waals surface area contributed by atoms with E-state index in [1.807, 2.05) is 24.3 Å². The number of hydrogen-bond acceptors (Lipinski definition) is 3. The molecule has 0 saturated heterocycles. The maximum Gasteiger partial charge on any atom is 0.219 e. The van der Waals surface area contributed by atoms with Crippen molar-refractivity contribution in [2.75, 3.05) is 0 Å². The van der Waals surface area contributed by atoms with Crippen LogP contribution in [0.5, 0.6) is 11.6 Å². The summed E-state index contributed by atoms with van der Waals surface area (Å²) in [5.74, 6) is 1.15. The van der Waals surface area contributed by atoms with Crippen LogP contribution in [-0.4, -0.2) is 9.97 Å². The fourth-order valence-corrected chi connectivity index (χ4v) is 1.75. The van der Waals surface area contributed by atoms with Crippen molar-refractivity contribution in [3.05, 3.63) is 52.6 Å². The number of nitrogens with two attached hydrogens (primary N) is 1. The van der Waals surface area contributed by atoms with Gasteiger partial charge in [0.05, 0.1) is 4.47 Å². The average Bonchev–Trinajstić information content (AvgIpc) is 2.32. The Kier molecular flexibility index (Phi) is 3.71. The normalized spacial score (nSPS) is 9.94. The third kappa shape index (κ3) is 3.01. The Labute approximate surface area is 113 Å². The van der Waals surface area contributed by atoms with Gasteiger partial charge in [-0.3, -0.25) is 0 Å². The molecule has 5 heteroatoms. The van der Waals surface area contributed by atoms with Crippen molar-refractivity contribution in [3.8, 4) is 11.6 Å². The second-order valence-electron chi connectivity index (χ2n) is 3.28. The zero-order valence-corrected chi connectivity index (χ0v) is 11.2. The predicted octanol–water partition coefficient (Wildman–Crippen LogP) is 3.27. The number of pyridine rings is 1. The van der Waals surface area contributed by atoms with E-state index in [0.717, 1.165) is 10.0 Å². The number of rotatable bonds is 3. The highest BCUT2D eigenvalue weighted by Gasteiger charge is 2.04. The second-order valence-corrected chi connectivity index (χ2v) is 4.57. The van der Waals surface area contributed by atoms with Crippen LogP contribution in [0.1, 0.15) is 5.56 Å². The van der Waals surface area contributed by atoms with Crippen molar-refractivity contribution in [2.45, 2.75) is 0 Å². The van der Waals surface area contributed by atoms with E-state index in [1.54, 1.807) is 18.3 Å². The number of benzene rings is 1. The molecule has 0 aliphatic heterocycles. The van der Waals surface area contributed by atoms with Gasteiger partial charge in [-0.25, -0.2) is 4.98 Å². The molecule has 0 aliphatic carbocycles. The third-order valence-electron chi connectivity index (χ3n) is 2.07. The van der Waals surface area contributed by atoms with E-state index in [4.69, 9.17) is 22.7 Å². The number of halogens is 1. The molecule has 17 heavy (non-hydrogen) atoms. The standard InChI is InChI=1S/C12H9BrN2OS/c13-9-3-1-2-4-10(9)16-11-7-8(12(14)17)5-6-15-11/h1-7H,(H2,14,17). The Hall–Kier alpha value is -1.46. The van der Waals surface area contributed by atoms with Gasteiger partial charge in [0.1, 0.15) is 10.7 Å². The number of nitrogens with zero attached hydrogens (tertiary/aromatic N) is 1. The first-order valence-corrected chi connectivity index (χ1v) is 6.05. The van der Waals surface area contributed by atoms with E-state index >= 15 is 0 Å². The minimum Gasteiger partial charge on any atom is -0.438 e. The molecule has 1 aromatic carbocycles. The highest BCUT2D eigenvalue weighted by Crippen LogP contribution is 2.28. The van der Waals surface area contributed by atoms with Crippen LogP contribution in [-0.2, 0) is 0 Å². The number of hydrogen-bond donors (Lipinski definition) is 1. The summed E-state index contributed by atoms with van der Waals surface area (Å²) >= 11 is 8.30. The highest BCUT2D eigenvalue weighted by molar-refractivity contribution is 9.10. The highest BCUT2D eigenvalue weighted by atomic mass is 79.9. The summed E-state index contributed by atoms with van der Waals surface area (Å²) in [4.78, 5) is 4.42. The van der Waals surface area contributed by atoms with E-state index < -0.39 is 0 Å². The van der Waals surface area contributed by atoms with Crippen LogP contribution in [0.4, 0.5) is 0 Å². The summed E-state index contributed by atoms with van der Waals surface area (Å²) in [6.07, 6.45) is 1.61. The maximum atomic E-state index is 5.63. The lowest BCUT2D eigenvalue weighted by molar-refractivity contribution is 0.460. The van der Waals surface area contributed by atoms with Crippen molar-refractivity contribution < 1.29 is 4.74 Å². The SMILES string of the molecule is NC(=S)c1ccnc(Oc2ccccc2Br)c1. The van der Waals surface area contributed by atoms with E-state index in [-0.39, 0.29) is 0 Å². The number of para-hydroxylation sites is 1. The van der Waals surface area contributed by atoms with Crippen molar-refractivity contribution in [2.24, 2.45) is 5.73 Å². The molecule has 0 aliphatic rings. The molecule has 2 N–H and O–H groups in total. The predicted molar refractivity (Wildman–Crippen MR) is 74.3 cm³/mol. The molecule has 0 atom stereocenters. The molecule has 86 valence electrons. The van der Waals surface area contributed by atoms with Crippen LogP contribution >= 0.6 is 28.1 Å². The fraction of sp³-hybridized carbons (Fsp3) is 0. The minimum absolute atomic E-state index is 0.323. The molecule has 2 aromatic rings. The van der Waals surface area contributed by atoms with Gasteiger partial charge < -0.3 is 10.5 Å². The average molecular weight is 309 g/mol. The van der Waals surface area contributed by atoms with Crippen LogP contribution in [0, 0.1) is 0 Å². The fourth-order valence-electron chi connectivity index (χ4n) is 1.26. The van der Waals surface area contributed by atoms with E-state index in [2.05, 4.69) is 20.9 Å². The van der Waals surface area contributed by atoms with Crippen LogP contribution < -0.4 is 10.5 Å². The first-order valence-electron chi connectivity index (χ1n) is 4.85. The first kappa shape index (κ1) is 12.0. The molecule has 0 radical (unpaired) electrons. The quantitative estimate of drug-likeness (QED) is 0.884. The lowest BCUT2D eigenvalue weighted by Crippen LogP contribution is -2.09. The van der Waals surface area contributed by atoms with Crippen LogP contribution in [0.3, 0.4) is 0 Å². The number of aromatic nitrogens is 1. The van der Waals surface area contributed by atoms with Gasteiger partial charge in [-0.2, -0.15) is 0 Å². The molecule has 0 bridgehead atoms. The molecular formula is C12H9BrN2OS. The molecule has 0 amide bonds. The van der Waals surface area contributed by atoms with Crippen molar-refractivity contribution in [1.82, 2.24) is 4.98 Å². The van der Waals surface area contributed by atoms with Gasteiger partial charge in [0, 0.05) is 17.8 Å². The molecule has 0 fully saturated rings. The van der Waals surface area contributed by atoms with Crippen molar-refractivity contribution in [3.63, 3.8) is 0 Å². The van der Waals surface area contributed by atoms with Gasteiger partial charge in [-0.15, -0.1) is 0 Å². The summed E-state index contributed by atoms with van der Waals surface area (Å²) in [7, 11) is 0. The van der Waals surface area contributed by atoms with Crippen molar-refractivity contribution in [1.29, 1.82) is 0 Å². The summed E-state index contributed by atoms with van der Waals surface area (Å²) < 4.78 is 6.49. The molecule has 0 unspecified atom stereocenters. The maximum absolute atomic E-state index is 5.63. The summed E-state index contributed by atoms with van der Waals surface area (Å²) in [5, 5.41) is 0. The van der Waals surface area contributed by atoms with Gasteiger partial charge in [0.2, 0.25) is 5.88 Å². The van der Waals surface area contributed by atoms with Crippen LogP contribution in [0.2, 0.25) is 0 Å². The van der Waals surface area contributed by atoms with E-state index in [1.165, 1.54) is 0 Å². The van der Waals surface area contributed by atoms with Gasteiger partial charge in [-0.1, -0.05) is 24.4 Å². The molecule has 3 nitrogen and oxygen atoms in total.